The van der Waals surface area contributed by atoms with E-state index < -0.39 is 37.3 Å². The number of fused-ring (bicyclic) bond motifs is 7. The van der Waals surface area contributed by atoms with Crippen LogP contribution < -0.4 is 37.7 Å². The lowest BCUT2D eigenvalue weighted by atomic mass is 10.1. The lowest BCUT2D eigenvalue weighted by molar-refractivity contribution is 0.0517. The van der Waals surface area contributed by atoms with Gasteiger partial charge in [0, 0.05) is 161 Å². The fourth-order valence-electron chi connectivity index (χ4n) is 12.1. The number of alkyl carbamates (subject to hydrolysis) is 2. The molecule has 0 unspecified atom stereocenters. The number of amides is 2. The number of alkyl halides is 2. The van der Waals surface area contributed by atoms with Crippen LogP contribution >= 0.6 is 35.6 Å². The molecule has 14 heterocycles. The number of hydrogen-bond acceptors (Lipinski definition) is 21. The number of carbonyl (C=O) groups excluding carboxylic acids is 3. The van der Waals surface area contributed by atoms with Gasteiger partial charge in [0.25, 0.3) is 20.0 Å². The van der Waals surface area contributed by atoms with Crippen LogP contribution in [0.4, 0.5) is 9.59 Å². The quantitative estimate of drug-likeness (QED) is 0.0250. The van der Waals surface area contributed by atoms with Crippen molar-refractivity contribution < 1.29 is 50.2 Å². The van der Waals surface area contributed by atoms with Gasteiger partial charge in [-0.3, -0.25) is 4.79 Å². The minimum atomic E-state index is -3.88. The number of nitrogens with zero attached hydrogens (tertiary/aromatic N) is 9. The molecule has 2 amide bonds. The number of aryl methyl sites for hydroxylation is 1. The van der Waals surface area contributed by atoms with Gasteiger partial charge in [-0.15, -0.1) is 35.6 Å². The van der Waals surface area contributed by atoms with Crippen LogP contribution in [-0.4, -0.2) is 166 Å². The van der Waals surface area contributed by atoms with E-state index in [1.165, 1.54) is 68.3 Å². The molecule has 14 N–H and O–H groups in total. The first-order valence-electron chi connectivity index (χ1n) is 37.5. The van der Waals surface area contributed by atoms with E-state index in [-0.39, 0.29) is 46.1 Å². The molecule has 14 aromatic heterocycles. The molecule has 0 saturated carbocycles. The Morgan fingerprint density at radius 2 is 0.808 bits per heavy atom. The van der Waals surface area contributed by atoms with E-state index >= 15 is 0 Å². The zero-order valence-corrected chi connectivity index (χ0v) is 71.5. The Kier molecular flexibility index (Phi) is 34.2. The van der Waals surface area contributed by atoms with Crippen LogP contribution in [0, 0.1) is 0 Å². The average molecular weight is 1730 g/mol. The Morgan fingerprint density at radius 3 is 1.23 bits per heavy atom. The molecule has 35 heteroatoms. The van der Waals surface area contributed by atoms with Crippen molar-refractivity contribution in [2.45, 2.75) is 94.6 Å². The lowest BCUT2D eigenvalue weighted by Crippen LogP contribution is -2.33. The molecule has 0 spiro atoms. The van der Waals surface area contributed by atoms with E-state index in [1.807, 2.05) is 106 Å². The zero-order chi connectivity index (χ0) is 84.4. The molecule has 16 rings (SSSR count). The maximum atomic E-state index is 13.2. The Labute approximate surface area is 710 Å². The maximum absolute atomic E-state index is 13.2. The van der Waals surface area contributed by atoms with Crippen LogP contribution in [0.1, 0.15) is 79.7 Å². The SMILES string of the molecule is CC(C)(C)OC(=O)NCCc1c[nH]c2ncccc12.COc1cccc(S(=O)(=O)n2cc(CCN)c3cccnc32)c1.COc1cccc(S(=O)(=O)n2cc(CCNC(=O)OC(C)(C)C)c3cccnc32)c1.Cl.ClCCc1c[nH]c2ncccc12.N.NCCc1c[nH]c2ncccc12.O=C(CCl)c1c[nH]c2ncccc12.c1cnc2[nH]ccc2c1. The van der Waals surface area contributed by atoms with Crippen LogP contribution in [0.3, 0.4) is 0 Å². The van der Waals surface area contributed by atoms with Gasteiger partial charge in [-0.1, -0.05) is 12.1 Å². The highest BCUT2D eigenvalue weighted by atomic mass is 35.5. The van der Waals surface area contributed by atoms with Gasteiger partial charge in [-0.2, -0.15) is 0 Å². The van der Waals surface area contributed by atoms with Gasteiger partial charge < -0.3 is 72.1 Å². The minimum absolute atomic E-state index is 0. The van der Waals surface area contributed by atoms with Crippen LogP contribution in [-0.2, 0) is 61.6 Å². The molecule has 0 saturated heterocycles. The largest absolute Gasteiger partial charge is 0.497 e. The highest BCUT2D eigenvalue weighted by Crippen LogP contribution is 2.30. The van der Waals surface area contributed by atoms with Gasteiger partial charge in [0.05, 0.1) is 29.9 Å². The number of Topliss-reactive ketones (excluding diaryl/α,β-unsaturated/α-hetero) is 1. The fourth-order valence-corrected chi connectivity index (χ4v) is 15.3. The van der Waals surface area contributed by atoms with E-state index in [2.05, 4.69) is 82.6 Å². The Hall–Kier alpha value is -12.3. The molecule has 2 aromatic carbocycles. The topological polar surface area (TPSA) is 447 Å². The third-order valence-corrected chi connectivity index (χ3v) is 21.3. The number of carbonyl (C=O) groups is 3. The molecular formula is C85H98Cl3N19O11S2. The van der Waals surface area contributed by atoms with Crippen molar-refractivity contribution in [3.8, 4) is 11.5 Å². The summed E-state index contributed by atoms with van der Waals surface area (Å²) < 4.78 is 75.5. The second kappa shape index (κ2) is 44.0. The minimum Gasteiger partial charge on any atom is -0.497 e. The monoisotopic (exact) mass is 1730 g/mol. The van der Waals surface area contributed by atoms with Gasteiger partial charge in [0.2, 0.25) is 0 Å². The number of aromatic nitrogens is 14. The van der Waals surface area contributed by atoms with Crippen molar-refractivity contribution in [3.05, 3.63) is 260 Å². The molecule has 120 heavy (non-hydrogen) atoms. The van der Waals surface area contributed by atoms with Crippen molar-refractivity contribution in [1.29, 1.82) is 0 Å². The Bertz CT molecular complexity index is 6140. The first-order chi connectivity index (χ1) is 56.8. The third kappa shape index (κ3) is 24.9. The summed E-state index contributed by atoms with van der Waals surface area (Å²) in [4.78, 5) is 79.4. The van der Waals surface area contributed by atoms with Gasteiger partial charge in [0.15, 0.2) is 17.1 Å². The van der Waals surface area contributed by atoms with Gasteiger partial charge in [0.1, 0.15) is 50.9 Å². The number of pyridine rings is 7. The zero-order valence-electron chi connectivity index (χ0n) is 67.5. The summed E-state index contributed by atoms with van der Waals surface area (Å²) >= 11 is 11.1. The fraction of sp³-hybridized carbons (Fsp3) is 0.247. The molecule has 0 bridgehead atoms. The molecule has 0 aliphatic rings. The van der Waals surface area contributed by atoms with E-state index in [1.54, 1.807) is 125 Å². The summed E-state index contributed by atoms with van der Waals surface area (Å²) in [6.45, 7) is 12.8. The second-order valence-electron chi connectivity index (χ2n) is 28.1. The number of aromatic amines is 5. The first kappa shape index (κ1) is 93.2. The predicted molar refractivity (Wildman–Crippen MR) is 474 cm³/mol. The average Bonchev–Trinajstić information content (AvgIpc) is 1.61. The molecule has 0 aliphatic carbocycles. The maximum Gasteiger partial charge on any atom is 0.407 e. The van der Waals surface area contributed by atoms with E-state index in [4.69, 9.17) is 53.6 Å². The summed E-state index contributed by atoms with van der Waals surface area (Å²) in [7, 11) is -4.66. The number of ether oxygens (including phenoxy) is 4. The molecule has 0 fully saturated rings. The van der Waals surface area contributed by atoms with Gasteiger partial charge in [-0.05, 0) is 230 Å². The highest BCUT2D eigenvalue weighted by molar-refractivity contribution is 7.90. The van der Waals surface area contributed by atoms with Gasteiger partial charge >= 0.3 is 12.2 Å². The summed E-state index contributed by atoms with van der Waals surface area (Å²) in [5, 5.41) is 12.4. The van der Waals surface area contributed by atoms with E-state index in [9.17, 15) is 31.2 Å². The molecule has 16 aromatic rings. The number of nitrogens with one attached hydrogen (secondary N) is 7. The van der Waals surface area contributed by atoms with Crippen LogP contribution in [0.5, 0.6) is 11.5 Å². The molecule has 632 valence electrons. The number of benzene rings is 2. The summed E-state index contributed by atoms with van der Waals surface area (Å²) in [6, 6.07) is 41.3. The highest BCUT2D eigenvalue weighted by Gasteiger charge is 2.26. The van der Waals surface area contributed by atoms with Crippen molar-refractivity contribution in [2.75, 3.05) is 52.2 Å². The normalized spacial score (nSPS) is 11.1. The molecular weight excluding hydrogens is 1630 g/mol. The molecule has 0 aliphatic heterocycles. The van der Waals surface area contributed by atoms with Crippen LogP contribution in [0.15, 0.2) is 236 Å². The summed E-state index contributed by atoms with van der Waals surface area (Å²) in [5.74, 6) is 1.50. The molecule has 30 nitrogen and oxygen atoms in total. The lowest BCUT2D eigenvalue weighted by Gasteiger charge is -2.19. The van der Waals surface area contributed by atoms with Crippen molar-refractivity contribution in [1.82, 2.24) is 84.5 Å². The summed E-state index contributed by atoms with van der Waals surface area (Å²) in [6.07, 6.45) is 27.1. The van der Waals surface area contributed by atoms with Gasteiger partial charge in [-0.25, -0.2) is 69.3 Å². The standard InChI is InChI=1S/C21H25N3O5S.C16H17N3O3S.C14H19N3O2.C9H7ClN2O.C9H9ClN2.C9H11N3.C7H6N2.ClH.H3N/c1-21(2,3)29-20(25)23-12-10-15-14-24(19-18(15)9-6-11-22-19)30(26,27)17-8-5-7-16(13-17)28-4;1-22-13-4-2-5-14(10-13)23(20,21)19-11-12(7-8-17)15-6-3-9-18-16(15)19;1-14(2,3)19-13(18)16-8-6-10-9-17-12-11(10)5-4-7-15-12;10-4-8(13)7-5-12-9-6(7)2-1-3-11-9;2*10-4-3-7-6-12-9-8(7)2-1-5-11-9;1-2-6-3-5-9-7(6)8-4-1;;/h5-9,11,13-14H,10,12H2,1-4H3,(H,23,25);2-6,9-11H,7-8,17H2,1H3;4-5,7,9H,6,8H2,1-3H3,(H,15,17)(H,16,18);1-3,5H,4H2,(H,11,12);1-2,5-6H,3-4H2,(H,11,12);1-2,5-6H,3-4,10H2,(H,11,12);1-5H,(H,8,9);1H;1H3. The predicted octanol–water partition coefficient (Wildman–Crippen LogP) is 15.3. The van der Waals surface area contributed by atoms with Crippen LogP contribution in [0.25, 0.3) is 77.2 Å². The van der Waals surface area contributed by atoms with Crippen LogP contribution in [0.2, 0.25) is 0 Å². The number of hydrogen-bond donors (Lipinski definition) is 10. The smallest absolute Gasteiger partial charge is 0.407 e. The van der Waals surface area contributed by atoms with Crippen molar-refractivity contribution in [2.24, 2.45) is 11.5 Å². The molecule has 0 atom stereocenters. The van der Waals surface area contributed by atoms with E-state index in [0.717, 1.165) is 85.7 Å². The van der Waals surface area contributed by atoms with Crippen molar-refractivity contribution >= 4 is 151 Å². The number of methoxy groups -OCH3 is 2. The Morgan fingerprint density at radius 1 is 0.442 bits per heavy atom. The Balaban J connectivity index is 0.000000180. The third-order valence-electron chi connectivity index (χ3n) is 17.5. The molecule has 0 radical (unpaired) electrons. The number of ketones is 1. The number of rotatable bonds is 20. The second-order valence-corrected chi connectivity index (χ2v) is 32.4. The van der Waals surface area contributed by atoms with Crippen molar-refractivity contribution in [3.63, 3.8) is 0 Å². The number of nitrogens with two attached hydrogens (primary N) is 2. The number of H-pyrrole nitrogens is 5. The van der Waals surface area contributed by atoms with E-state index in [0.29, 0.717) is 78.6 Å². The summed E-state index contributed by atoms with van der Waals surface area (Å²) in [5.41, 5.74) is 21.1. The first-order valence-corrected chi connectivity index (χ1v) is 41.4. The number of halogens is 3.